The van der Waals surface area contributed by atoms with Crippen molar-refractivity contribution in [1.29, 1.82) is 0 Å². The molecule has 98 valence electrons. The predicted octanol–water partition coefficient (Wildman–Crippen LogP) is 4.16. The molecule has 0 radical (unpaired) electrons. The molecule has 1 aromatic rings. The van der Waals surface area contributed by atoms with Gasteiger partial charge in [0.15, 0.2) is 0 Å². The molecule has 0 saturated heterocycles. The second kappa shape index (κ2) is 5.10. The van der Waals surface area contributed by atoms with Gasteiger partial charge >= 0.3 is 5.97 Å². The van der Waals surface area contributed by atoms with E-state index in [1.165, 1.54) is 0 Å². The summed E-state index contributed by atoms with van der Waals surface area (Å²) in [6, 6.07) is 5.38. The number of rotatable bonds is 3. The number of hydrogen-bond donors (Lipinski definition) is 2. The number of benzene rings is 1. The van der Waals surface area contributed by atoms with Gasteiger partial charge in [0.2, 0.25) is 0 Å². The molecule has 5 heteroatoms. The quantitative estimate of drug-likeness (QED) is 0.874. The lowest BCUT2D eigenvalue weighted by atomic mass is 9.88. The minimum Gasteiger partial charge on any atom is -0.479 e. The molecule has 2 unspecified atom stereocenters. The molecule has 0 aromatic heterocycles. The Balaban J connectivity index is 2.29. The van der Waals surface area contributed by atoms with Gasteiger partial charge in [-0.05, 0) is 52.9 Å². The first kappa shape index (κ1) is 13.7. The molecule has 0 heterocycles. The van der Waals surface area contributed by atoms with E-state index in [0.29, 0.717) is 11.4 Å². The van der Waals surface area contributed by atoms with E-state index in [1.54, 1.807) is 6.07 Å². The zero-order chi connectivity index (χ0) is 13.3. The van der Waals surface area contributed by atoms with E-state index in [9.17, 15) is 9.90 Å². The molecule has 2 rings (SSSR count). The summed E-state index contributed by atoms with van der Waals surface area (Å²) >= 11 is 9.28. The average Bonchev–Trinajstić information content (AvgIpc) is 2.67. The Morgan fingerprint density at radius 2 is 2.33 bits per heavy atom. The van der Waals surface area contributed by atoms with Gasteiger partial charge in [0.1, 0.15) is 5.54 Å². The molecule has 0 amide bonds. The highest BCUT2D eigenvalue weighted by Gasteiger charge is 2.47. The van der Waals surface area contributed by atoms with Crippen molar-refractivity contribution < 1.29 is 9.90 Å². The van der Waals surface area contributed by atoms with Crippen molar-refractivity contribution in [3.05, 3.63) is 27.7 Å². The fourth-order valence-corrected chi connectivity index (χ4v) is 3.06. The third-order valence-corrected chi connectivity index (χ3v) is 4.93. The van der Waals surface area contributed by atoms with E-state index in [0.717, 1.165) is 23.0 Å². The molecule has 0 spiro atoms. The molecule has 1 aliphatic rings. The van der Waals surface area contributed by atoms with E-state index in [4.69, 9.17) is 11.6 Å². The van der Waals surface area contributed by atoms with Crippen molar-refractivity contribution in [3.63, 3.8) is 0 Å². The van der Waals surface area contributed by atoms with Crippen molar-refractivity contribution in [2.75, 3.05) is 5.32 Å². The monoisotopic (exact) mass is 331 g/mol. The largest absolute Gasteiger partial charge is 0.479 e. The molecule has 1 aliphatic carbocycles. The van der Waals surface area contributed by atoms with Crippen molar-refractivity contribution in [1.82, 2.24) is 0 Å². The number of hydrogen-bond acceptors (Lipinski definition) is 2. The zero-order valence-electron chi connectivity index (χ0n) is 10.0. The first-order valence-electron chi connectivity index (χ1n) is 5.92. The van der Waals surface area contributed by atoms with Crippen LogP contribution in [0.5, 0.6) is 0 Å². The van der Waals surface area contributed by atoms with Gasteiger partial charge in [0.05, 0.1) is 5.02 Å². The van der Waals surface area contributed by atoms with E-state index in [1.807, 2.05) is 19.1 Å². The number of nitrogens with one attached hydrogen (secondary N) is 1. The Morgan fingerprint density at radius 1 is 1.61 bits per heavy atom. The summed E-state index contributed by atoms with van der Waals surface area (Å²) < 4.78 is 0.764. The van der Waals surface area contributed by atoms with Gasteiger partial charge in [0, 0.05) is 10.2 Å². The van der Waals surface area contributed by atoms with Gasteiger partial charge in [-0.15, -0.1) is 0 Å². The Morgan fingerprint density at radius 3 is 2.83 bits per heavy atom. The molecule has 1 fully saturated rings. The Kier molecular flexibility index (Phi) is 3.87. The topological polar surface area (TPSA) is 49.3 Å². The molecular formula is C13H15BrClNO2. The van der Waals surface area contributed by atoms with Crippen LogP contribution in [0.3, 0.4) is 0 Å². The summed E-state index contributed by atoms with van der Waals surface area (Å²) in [5.41, 5.74) is -0.0739. The number of carboxylic acids is 1. The summed E-state index contributed by atoms with van der Waals surface area (Å²) in [7, 11) is 0. The molecular weight excluding hydrogens is 318 g/mol. The fourth-order valence-electron chi connectivity index (χ4n) is 2.57. The molecule has 0 bridgehead atoms. The second-order valence-electron chi connectivity index (χ2n) is 4.82. The van der Waals surface area contributed by atoms with Crippen LogP contribution in [0.1, 0.15) is 26.2 Å². The van der Waals surface area contributed by atoms with E-state index >= 15 is 0 Å². The maximum Gasteiger partial charge on any atom is 0.329 e. The summed E-state index contributed by atoms with van der Waals surface area (Å²) in [6.45, 7) is 1.99. The molecule has 0 aliphatic heterocycles. The molecule has 2 N–H and O–H groups in total. The van der Waals surface area contributed by atoms with Crippen molar-refractivity contribution in [2.24, 2.45) is 5.92 Å². The minimum absolute atomic E-state index is 0.115. The summed E-state index contributed by atoms with van der Waals surface area (Å²) in [5.74, 6) is -0.664. The lowest BCUT2D eigenvalue weighted by molar-refractivity contribution is -0.143. The molecule has 1 aromatic carbocycles. The van der Waals surface area contributed by atoms with Crippen LogP contribution in [0.4, 0.5) is 5.69 Å². The third-order valence-electron chi connectivity index (χ3n) is 3.72. The van der Waals surface area contributed by atoms with Gasteiger partial charge < -0.3 is 10.4 Å². The number of carboxylic acid groups (broad SMARTS) is 1. The van der Waals surface area contributed by atoms with E-state index < -0.39 is 11.5 Å². The van der Waals surface area contributed by atoms with Crippen LogP contribution in [0.25, 0.3) is 0 Å². The lowest BCUT2D eigenvalue weighted by Gasteiger charge is -2.31. The Bertz CT molecular complexity index is 480. The number of halogens is 2. The van der Waals surface area contributed by atoms with Crippen molar-refractivity contribution >= 4 is 39.2 Å². The standard InChI is InChI=1S/C13H15BrClNO2/c1-8-3-2-6-13(8,12(17)18)16-9-4-5-11(15)10(14)7-9/h4-5,7-8,16H,2-3,6H2,1H3,(H,17,18). The second-order valence-corrected chi connectivity index (χ2v) is 6.09. The zero-order valence-corrected chi connectivity index (χ0v) is 12.4. The summed E-state index contributed by atoms with van der Waals surface area (Å²) in [5, 5.41) is 13.3. The first-order valence-corrected chi connectivity index (χ1v) is 7.09. The van der Waals surface area contributed by atoms with Crippen LogP contribution in [0, 0.1) is 5.92 Å². The summed E-state index contributed by atoms with van der Waals surface area (Å²) in [6.07, 6.45) is 2.53. The van der Waals surface area contributed by atoms with Crippen molar-refractivity contribution in [2.45, 2.75) is 31.7 Å². The number of carbonyl (C=O) groups is 1. The smallest absolute Gasteiger partial charge is 0.329 e. The highest BCUT2D eigenvalue weighted by atomic mass is 79.9. The highest BCUT2D eigenvalue weighted by Crippen LogP contribution is 2.39. The maximum absolute atomic E-state index is 11.6. The van der Waals surface area contributed by atoms with Crippen LogP contribution in [0.15, 0.2) is 22.7 Å². The molecule has 2 atom stereocenters. The Hall–Kier alpha value is -0.740. The average molecular weight is 333 g/mol. The van der Waals surface area contributed by atoms with Crippen LogP contribution in [-0.2, 0) is 4.79 Å². The van der Waals surface area contributed by atoms with Gasteiger partial charge in [-0.2, -0.15) is 0 Å². The Labute approximate surface area is 120 Å². The van der Waals surface area contributed by atoms with Gasteiger partial charge in [-0.3, -0.25) is 0 Å². The number of anilines is 1. The van der Waals surface area contributed by atoms with Crippen LogP contribution < -0.4 is 5.32 Å². The molecule has 3 nitrogen and oxygen atoms in total. The molecule has 18 heavy (non-hydrogen) atoms. The van der Waals surface area contributed by atoms with Crippen LogP contribution in [-0.4, -0.2) is 16.6 Å². The highest BCUT2D eigenvalue weighted by molar-refractivity contribution is 9.10. The number of aliphatic carboxylic acids is 1. The van der Waals surface area contributed by atoms with Gasteiger partial charge in [0.25, 0.3) is 0 Å². The van der Waals surface area contributed by atoms with E-state index in [-0.39, 0.29) is 5.92 Å². The van der Waals surface area contributed by atoms with Crippen LogP contribution >= 0.6 is 27.5 Å². The van der Waals surface area contributed by atoms with Gasteiger partial charge in [-0.1, -0.05) is 24.9 Å². The lowest BCUT2D eigenvalue weighted by Crippen LogP contribution is -2.48. The van der Waals surface area contributed by atoms with E-state index in [2.05, 4.69) is 21.2 Å². The van der Waals surface area contributed by atoms with Gasteiger partial charge in [-0.25, -0.2) is 4.79 Å². The van der Waals surface area contributed by atoms with Crippen LogP contribution in [0.2, 0.25) is 5.02 Å². The minimum atomic E-state index is -0.854. The normalized spacial score (nSPS) is 27.2. The predicted molar refractivity (Wildman–Crippen MR) is 76.2 cm³/mol. The fraction of sp³-hybridized carbons (Fsp3) is 0.462. The molecule has 1 saturated carbocycles. The maximum atomic E-state index is 11.6. The SMILES string of the molecule is CC1CCCC1(Nc1ccc(Cl)c(Br)c1)C(=O)O. The third kappa shape index (κ3) is 2.36. The summed E-state index contributed by atoms with van der Waals surface area (Å²) in [4.78, 5) is 11.6. The van der Waals surface area contributed by atoms with Crippen molar-refractivity contribution in [3.8, 4) is 0 Å². The first-order chi connectivity index (χ1) is 8.45.